The van der Waals surface area contributed by atoms with Crippen molar-refractivity contribution in [2.24, 2.45) is 10.9 Å². The summed E-state index contributed by atoms with van der Waals surface area (Å²) >= 11 is 5.82. The second-order valence-electron chi connectivity index (χ2n) is 2.69. The van der Waals surface area contributed by atoms with Crippen LogP contribution in [0.25, 0.3) is 5.52 Å². The van der Waals surface area contributed by atoms with Crippen LogP contribution >= 0.6 is 11.6 Å². The van der Waals surface area contributed by atoms with E-state index in [0.717, 1.165) is 5.52 Å². The molecular formula is C8H7ClN4O. The topological polar surface area (TPSA) is 75.9 Å². The van der Waals surface area contributed by atoms with Crippen LogP contribution in [0.3, 0.4) is 0 Å². The molecule has 2 heterocycles. The second kappa shape index (κ2) is 3.19. The molecule has 0 aromatic carbocycles. The van der Waals surface area contributed by atoms with Gasteiger partial charge in [-0.15, -0.1) is 0 Å². The largest absolute Gasteiger partial charge is 0.409 e. The monoisotopic (exact) mass is 210 g/mol. The number of hydrogen-bond acceptors (Lipinski definition) is 3. The van der Waals surface area contributed by atoms with Crippen LogP contribution in [0.4, 0.5) is 0 Å². The van der Waals surface area contributed by atoms with Crippen molar-refractivity contribution < 1.29 is 5.21 Å². The van der Waals surface area contributed by atoms with Gasteiger partial charge in [-0.1, -0.05) is 22.8 Å². The summed E-state index contributed by atoms with van der Waals surface area (Å²) in [6, 6.07) is 5.26. The molecule has 72 valence electrons. The van der Waals surface area contributed by atoms with Crippen molar-refractivity contribution in [1.82, 2.24) is 9.38 Å². The maximum atomic E-state index is 8.55. The second-order valence-corrected chi connectivity index (χ2v) is 3.04. The number of amidine groups is 1. The predicted octanol–water partition coefficient (Wildman–Crippen LogP) is 1.08. The molecule has 0 saturated carbocycles. The number of oxime groups is 1. The van der Waals surface area contributed by atoms with Crippen LogP contribution in [0, 0.1) is 0 Å². The summed E-state index contributed by atoms with van der Waals surface area (Å²) in [7, 11) is 0. The first-order valence-corrected chi connectivity index (χ1v) is 4.21. The van der Waals surface area contributed by atoms with Gasteiger partial charge in [0.25, 0.3) is 0 Å². The van der Waals surface area contributed by atoms with E-state index in [4.69, 9.17) is 22.5 Å². The highest BCUT2D eigenvalue weighted by Crippen LogP contribution is 2.16. The Kier molecular flexibility index (Phi) is 2.01. The van der Waals surface area contributed by atoms with Crippen LogP contribution in [-0.4, -0.2) is 20.4 Å². The molecule has 2 rings (SSSR count). The number of hydrogen-bond donors (Lipinski definition) is 2. The van der Waals surface area contributed by atoms with Gasteiger partial charge < -0.3 is 10.9 Å². The first-order valence-electron chi connectivity index (χ1n) is 3.83. The molecule has 2 aromatic rings. The van der Waals surface area contributed by atoms with E-state index in [1.165, 1.54) is 6.33 Å². The van der Waals surface area contributed by atoms with Crippen molar-refractivity contribution in [3.63, 3.8) is 0 Å². The molecule has 0 bridgehead atoms. The molecule has 0 unspecified atom stereocenters. The zero-order chi connectivity index (χ0) is 10.1. The predicted molar refractivity (Wildman–Crippen MR) is 52.7 cm³/mol. The van der Waals surface area contributed by atoms with Crippen LogP contribution in [0.15, 0.2) is 29.7 Å². The Morgan fingerprint density at radius 1 is 1.57 bits per heavy atom. The lowest BCUT2D eigenvalue weighted by Gasteiger charge is -2.02. The fourth-order valence-corrected chi connectivity index (χ4v) is 1.45. The molecule has 0 aliphatic rings. The van der Waals surface area contributed by atoms with E-state index in [1.807, 2.05) is 0 Å². The molecule has 3 N–H and O–H groups in total. The van der Waals surface area contributed by atoms with Crippen LogP contribution in [0.2, 0.25) is 5.15 Å². The van der Waals surface area contributed by atoms with Gasteiger partial charge in [-0.05, 0) is 12.1 Å². The Morgan fingerprint density at radius 2 is 2.36 bits per heavy atom. The van der Waals surface area contributed by atoms with E-state index >= 15 is 0 Å². The Balaban J connectivity index is 2.78. The van der Waals surface area contributed by atoms with E-state index < -0.39 is 0 Å². The number of nitrogens with two attached hydrogens (primary N) is 1. The lowest BCUT2D eigenvalue weighted by Crippen LogP contribution is -2.16. The fourth-order valence-electron chi connectivity index (χ4n) is 1.25. The lowest BCUT2D eigenvalue weighted by molar-refractivity contribution is 0.318. The van der Waals surface area contributed by atoms with E-state index in [9.17, 15) is 0 Å². The summed E-state index contributed by atoms with van der Waals surface area (Å²) in [5.41, 5.74) is 6.74. The molecule has 2 aromatic heterocycles. The third-order valence-corrected chi connectivity index (χ3v) is 2.19. The molecular weight excluding hydrogens is 204 g/mol. The maximum Gasteiger partial charge on any atom is 0.187 e. The van der Waals surface area contributed by atoms with E-state index in [1.54, 1.807) is 22.6 Å². The molecule has 0 aliphatic carbocycles. The average molecular weight is 211 g/mol. The number of pyridine rings is 1. The Morgan fingerprint density at radius 3 is 3.07 bits per heavy atom. The van der Waals surface area contributed by atoms with Gasteiger partial charge in [-0.2, -0.15) is 0 Å². The summed E-state index contributed by atoms with van der Waals surface area (Å²) in [5.74, 6) is 0.0182. The number of imidazole rings is 1. The minimum atomic E-state index is 0.0182. The van der Waals surface area contributed by atoms with Gasteiger partial charge in [0.05, 0.1) is 11.2 Å². The van der Waals surface area contributed by atoms with Gasteiger partial charge in [0.1, 0.15) is 6.33 Å². The molecule has 0 amide bonds. The zero-order valence-electron chi connectivity index (χ0n) is 7.05. The van der Waals surface area contributed by atoms with Crippen molar-refractivity contribution in [2.75, 3.05) is 0 Å². The SMILES string of the molecule is N/C(=N/O)c1cccc2c(Cl)ncn12. The highest BCUT2D eigenvalue weighted by molar-refractivity contribution is 6.32. The van der Waals surface area contributed by atoms with E-state index in [2.05, 4.69) is 10.1 Å². The molecule has 0 radical (unpaired) electrons. The van der Waals surface area contributed by atoms with Gasteiger partial charge in [-0.25, -0.2) is 4.98 Å². The number of fused-ring (bicyclic) bond motifs is 1. The van der Waals surface area contributed by atoms with E-state index in [-0.39, 0.29) is 5.84 Å². The first kappa shape index (κ1) is 8.83. The normalized spacial score (nSPS) is 12.2. The van der Waals surface area contributed by atoms with Gasteiger partial charge >= 0.3 is 0 Å². The molecule has 0 saturated heterocycles. The van der Waals surface area contributed by atoms with Crippen LogP contribution < -0.4 is 5.73 Å². The van der Waals surface area contributed by atoms with E-state index in [0.29, 0.717) is 10.8 Å². The molecule has 0 aliphatic heterocycles. The Hall–Kier alpha value is -1.75. The van der Waals surface area contributed by atoms with Crippen molar-refractivity contribution >= 4 is 23.0 Å². The molecule has 0 atom stereocenters. The Bertz CT molecular complexity index is 505. The minimum Gasteiger partial charge on any atom is -0.409 e. The summed E-state index contributed by atoms with van der Waals surface area (Å²) < 4.78 is 1.65. The summed E-state index contributed by atoms with van der Waals surface area (Å²) in [4.78, 5) is 3.91. The van der Waals surface area contributed by atoms with Crippen LogP contribution in [-0.2, 0) is 0 Å². The third kappa shape index (κ3) is 1.18. The van der Waals surface area contributed by atoms with Gasteiger partial charge in [0.2, 0.25) is 0 Å². The smallest absolute Gasteiger partial charge is 0.187 e. The molecule has 5 nitrogen and oxygen atoms in total. The molecule has 6 heteroatoms. The minimum absolute atomic E-state index is 0.0182. The van der Waals surface area contributed by atoms with Crippen molar-refractivity contribution in [2.45, 2.75) is 0 Å². The fraction of sp³-hybridized carbons (Fsp3) is 0. The lowest BCUT2D eigenvalue weighted by atomic mass is 10.3. The third-order valence-electron chi connectivity index (χ3n) is 1.90. The first-order chi connectivity index (χ1) is 6.74. The Labute approximate surface area is 84.4 Å². The number of rotatable bonds is 1. The summed E-state index contributed by atoms with van der Waals surface area (Å²) in [5, 5.41) is 11.9. The number of aromatic nitrogens is 2. The zero-order valence-corrected chi connectivity index (χ0v) is 7.81. The molecule has 0 fully saturated rings. The van der Waals surface area contributed by atoms with Gasteiger partial charge in [0, 0.05) is 0 Å². The van der Waals surface area contributed by atoms with Gasteiger partial charge in [-0.3, -0.25) is 4.40 Å². The maximum absolute atomic E-state index is 8.55. The highest BCUT2D eigenvalue weighted by atomic mass is 35.5. The van der Waals surface area contributed by atoms with Crippen LogP contribution in [0.1, 0.15) is 5.69 Å². The number of nitrogens with zero attached hydrogens (tertiary/aromatic N) is 3. The standard InChI is InChI=1S/C8H7ClN4O/c9-7-5-2-1-3-6(8(10)12-14)13(5)4-11-7/h1-4,14H,(H2,10,12). The molecule has 0 spiro atoms. The van der Waals surface area contributed by atoms with Crippen molar-refractivity contribution in [3.8, 4) is 0 Å². The van der Waals surface area contributed by atoms with Crippen LogP contribution in [0.5, 0.6) is 0 Å². The van der Waals surface area contributed by atoms with Crippen molar-refractivity contribution in [1.29, 1.82) is 0 Å². The number of halogens is 1. The van der Waals surface area contributed by atoms with Crippen molar-refractivity contribution in [3.05, 3.63) is 35.4 Å². The highest BCUT2D eigenvalue weighted by Gasteiger charge is 2.07. The quantitative estimate of drug-likeness (QED) is 0.320. The molecule has 14 heavy (non-hydrogen) atoms. The summed E-state index contributed by atoms with van der Waals surface area (Å²) in [6.45, 7) is 0. The average Bonchev–Trinajstić information content (AvgIpc) is 2.59. The van der Waals surface area contributed by atoms with Gasteiger partial charge in [0.15, 0.2) is 11.0 Å². The summed E-state index contributed by atoms with van der Waals surface area (Å²) in [6.07, 6.45) is 1.52.